The Morgan fingerprint density at radius 2 is 2.55 bits per heavy atom. The highest BCUT2D eigenvalue weighted by atomic mass is 16.5. The zero-order valence-electron chi connectivity index (χ0n) is 5.86. The van der Waals surface area contributed by atoms with Crippen molar-refractivity contribution in [3.8, 4) is 5.88 Å². The van der Waals surface area contributed by atoms with Crippen LogP contribution in [0.3, 0.4) is 0 Å². The fourth-order valence-electron chi connectivity index (χ4n) is 0.546. The number of hydrogen-bond donors (Lipinski definition) is 0. The van der Waals surface area contributed by atoms with Crippen LogP contribution in [-0.4, -0.2) is 17.6 Å². The molecule has 5 nitrogen and oxygen atoms in total. The molecule has 0 aliphatic rings. The fraction of sp³-hybridized carbons (Fsp3) is 0.333. The normalized spacial score (nSPS) is 9.55. The molecule has 0 atom stereocenters. The lowest BCUT2D eigenvalue weighted by atomic mass is 10.6. The molecular weight excluding hydrogens is 150 g/mol. The van der Waals surface area contributed by atoms with Gasteiger partial charge in [0.05, 0.1) is 6.61 Å². The van der Waals surface area contributed by atoms with E-state index >= 15 is 0 Å². The summed E-state index contributed by atoms with van der Waals surface area (Å²) in [6, 6.07) is 0. The molecule has 1 radical (unpaired) electrons. The molecule has 1 aromatic heterocycles. The summed E-state index contributed by atoms with van der Waals surface area (Å²) in [4.78, 5) is 14.0. The van der Waals surface area contributed by atoms with E-state index in [1.807, 2.05) is 0 Å². The van der Waals surface area contributed by atoms with Crippen molar-refractivity contribution in [1.82, 2.24) is 4.98 Å². The smallest absolute Gasteiger partial charge is 0.394 e. The van der Waals surface area contributed by atoms with Crippen LogP contribution in [0.4, 0.5) is 0 Å². The van der Waals surface area contributed by atoms with E-state index in [9.17, 15) is 9.90 Å². The van der Waals surface area contributed by atoms with E-state index in [0.717, 1.165) is 6.26 Å². The van der Waals surface area contributed by atoms with Crippen molar-refractivity contribution in [2.75, 3.05) is 6.61 Å². The number of carbonyl (C=O) groups is 1. The average molecular weight is 156 g/mol. The van der Waals surface area contributed by atoms with Crippen LogP contribution in [0.5, 0.6) is 5.88 Å². The third-order valence-corrected chi connectivity index (χ3v) is 0.933. The molecule has 0 saturated heterocycles. The first-order valence-electron chi connectivity index (χ1n) is 3.03. The minimum absolute atomic E-state index is 0.232. The summed E-state index contributed by atoms with van der Waals surface area (Å²) in [5, 5.41) is 10.4. The van der Waals surface area contributed by atoms with Crippen LogP contribution in [0.2, 0.25) is 0 Å². The number of carbonyl (C=O) groups excluding carboxylic acids is 1. The van der Waals surface area contributed by atoms with Gasteiger partial charge in [0, 0.05) is 0 Å². The summed E-state index contributed by atoms with van der Waals surface area (Å²) in [5.41, 5.74) is 0. The predicted molar refractivity (Wildman–Crippen MR) is 32.6 cm³/mol. The van der Waals surface area contributed by atoms with E-state index in [0.29, 0.717) is 0 Å². The van der Waals surface area contributed by atoms with Crippen molar-refractivity contribution in [3.63, 3.8) is 0 Å². The Bertz CT molecular complexity index is 255. The second-order valence-electron chi connectivity index (χ2n) is 1.71. The molecule has 0 fully saturated rings. The lowest BCUT2D eigenvalue weighted by Gasteiger charge is -1.93. The van der Waals surface area contributed by atoms with E-state index in [1.165, 1.54) is 0 Å². The Morgan fingerprint density at radius 1 is 1.82 bits per heavy atom. The molecule has 0 bridgehead atoms. The number of aromatic nitrogens is 1. The van der Waals surface area contributed by atoms with Crippen molar-refractivity contribution in [1.29, 1.82) is 0 Å². The quantitative estimate of drug-likeness (QED) is 0.598. The third-order valence-electron chi connectivity index (χ3n) is 0.933. The van der Waals surface area contributed by atoms with Gasteiger partial charge in [0.25, 0.3) is 0 Å². The lowest BCUT2D eigenvalue weighted by molar-refractivity contribution is 0.0480. The highest BCUT2D eigenvalue weighted by Crippen LogP contribution is 2.08. The van der Waals surface area contributed by atoms with Crippen LogP contribution in [0.1, 0.15) is 17.6 Å². The molecular formula is C6H6NO4. The zero-order valence-corrected chi connectivity index (χ0v) is 5.86. The monoisotopic (exact) mass is 156 g/mol. The van der Waals surface area contributed by atoms with E-state index in [4.69, 9.17) is 0 Å². The Labute approximate surface area is 62.6 Å². The molecule has 0 amide bonds. The van der Waals surface area contributed by atoms with Gasteiger partial charge in [-0.15, -0.1) is 0 Å². The summed E-state index contributed by atoms with van der Waals surface area (Å²) in [6.45, 7) is 1.88. The van der Waals surface area contributed by atoms with Crippen molar-refractivity contribution >= 4 is 5.97 Å². The minimum atomic E-state index is -0.713. The van der Waals surface area contributed by atoms with E-state index in [2.05, 4.69) is 14.1 Å². The molecule has 0 N–H and O–H groups in total. The molecule has 1 heterocycles. The van der Waals surface area contributed by atoms with Crippen molar-refractivity contribution in [3.05, 3.63) is 12.2 Å². The fourth-order valence-corrected chi connectivity index (χ4v) is 0.546. The van der Waals surface area contributed by atoms with Gasteiger partial charge in [-0.1, -0.05) is 0 Å². The predicted octanol–water partition coefficient (Wildman–Crippen LogP) is 0.995. The average Bonchev–Trinajstić information content (AvgIpc) is 2.36. The van der Waals surface area contributed by atoms with Gasteiger partial charge in [0.2, 0.25) is 0 Å². The van der Waals surface area contributed by atoms with Crippen molar-refractivity contribution < 1.29 is 19.1 Å². The van der Waals surface area contributed by atoms with Gasteiger partial charge in [0.15, 0.2) is 6.26 Å². The maximum absolute atomic E-state index is 10.7. The molecule has 0 saturated carbocycles. The van der Waals surface area contributed by atoms with E-state index < -0.39 is 11.8 Å². The minimum Gasteiger partial charge on any atom is -0.459 e. The number of nitrogens with zero attached hydrogens (tertiary/aromatic N) is 1. The number of hydrogen-bond acceptors (Lipinski definition) is 4. The summed E-state index contributed by atoms with van der Waals surface area (Å²) >= 11 is 0. The molecule has 1 aromatic rings. The molecule has 0 aliphatic carbocycles. The van der Waals surface area contributed by atoms with Crippen LogP contribution in [0.15, 0.2) is 10.7 Å². The van der Waals surface area contributed by atoms with Gasteiger partial charge in [0.1, 0.15) is 0 Å². The van der Waals surface area contributed by atoms with Gasteiger partial charge in [-0.25, -0.2) is 4.79 Å². The maximum Gasteiger partial charge on any atom is 0.394 e. The van der Waals surface area contributed by atoms with Crippen LogP contribution < -0.4 is 0 Å². The first-order valence-corrected chi connectivity index (χ1v) is 3.03. The van der Waals surface area contributed by atoms with E-state index in [1.54, 1.807) is 6.92 Å². The number of oxazole rings is 1. The molecule has 0 unspecified atom stereocenters. The third kappa shape index (κ3) is 1.70. The first-order chi connectivity index (χ1) is 5.24. The second-order valence-corrected chi connectivity index (χ2v) is 1.71. The molecule has 0 spiro atoms. The summed E-state index contributed by atoms with van der Waals surface area (Å²) < 4.78 is 8.99. The van der Waals surface area contributed by atoms with Gasteiger partial charge in [-0.2, -0.15) is 4.98 Å². The number of rotatable bonds is 2. The molecule has 0 aliphatic heterocycles. The summed E-state index contributed by atoms with van der Waals surface area (Å²) in [6.07, 6.45) is 0.853. The molecule has 11 heavy (non-hydrogen) atoms. The highest BCUT2D eigenvalue weighted by Gasteiger charge is 2.13. The van der Waals surface area contributed by atoms with Gasteiger partial charge in [-0.05, 0) is 6.92 Å². The van der Waals surface area contributed by atoms with Gasteiger partial charge >= 0.3 is 17.7 Å². The maximum atomic E-state index is 10.7. The Kier molecular flexibility index (Phi) is 2.10. The molecule has 0 aromatic carbocycles. The van der Waals surface area contributed by atoms with Crippen molar-refractivity contribution in [2.45, 2.75) is 6.92 Å². The largest absolute Gasteiger partial charge is 0.459 e. The van der Waals surface area contributed by atoms with Crippen LogP contribution >= 0.6 is 0 Å². The summed E-state index contributed by atoms with van der Waals surface area (Å²) in [7, 11) is 0. The zero-order chi connectivity index (χ0) is 8.27. The van der Waals surface area contributed by atoms with Crippen LogP contribution in [-0.2, 0) is 9.84 Å². The van der Waals surface area contributed by atoms with E-state index in [-0.39, 0.29) is 12.5 Å². The number of esters is 1. The summed E-state index contributed by atoms with van der Waals surface area (Å²) in [5.74, 6) is -1.58. The molecule has 1 rings (SSSR count). The van der Waals surface area contributed by atoms with Crippen LogP contribution in [0, 0.1) is 0 Å². The Hall–Kier alpha value is -1.52. The molecule has 59 valence electrons. The number of ether oxygens (including phenoxy) is 1. The standard InChI is InChI=1S/C6H6NO4/c1-2-10-6(9)5-7-4(8)3-11-5/h3H,2H2,1H3. The lowest BCUT2D eigenvalue weighted by Crippen LogP contribution is -2.04. The first kappa shape index (κ1) is 7.59. The molecule has 5 heteroatoms. The van der Waals surface area contributed by atoms with Gasteiger partial charge in [-0.3, -0.25) is 5.11 Å². The van der Waals surface area contributed by atoms with Crippen LogP contribution in [0.25, 0.3) is 0 Å². The Balaban J connectivity index is 2.69. The second kappa shape index (κ2) is 3.05. The van der Waals surface area contributed by atoms with Gasteiger partial charge < -0.3 is 9.15 Å². The topological polar surface area (TPSA) is 72.2 Å². The van der Waals surface area contributed by atoms with Crippen molar-refractivity contribution in [2.24, 2.45) is 0 Å². The highest BCUT2D eigenvalue weighted by molar-refractivity contribution is 5.84. The Morgan fingerprint density at radius 3 is 3.00 bits per heavy atom. The SMILES string of the molecule is CCOC(=O)c1nc([O])co1.